The molecule has 152 valence electrons. The Hall–Kier alpha value is -2.98. The first-order chi connectivity index (χ1) is 13.7. The minimum atomic E-state index is -4.79. The fraction of sp³-hybridized carbons (Fsp3) is 0.158. The van der Waals surface area contributed by atoms with Gasteiger partial charge in [-0.05, 0) is 35.9 Å². The van der Waals surface area contributed by atoms with Crippen LogP contribution in [-0.4, -0.2) is 25.5 Å². The van der Waals surface area contributed by atoms with Gasteiger partial charge in [-0.3, -0.25) is 9.97 Å². The summed E-state index contributed by atoms with van der Waals surface area (Å²) in [5, 5.41) is 0. The maximum absolute atomic E-state index is 13.1. The first kappa shape index (κ1) is 20.7. The average Bonchev–Trinajstić information content (AvgIpc) is 2.72. The minimum Gasteiger partial charge on any atom is -0.494 e. The molecular weight excluding hydrogens is 407 g/mol. The van der Waals surface area contributed by atoms with Gasteiger partial charge in [0, 0.05) is 18.0 Å². The molecule has 0 aliphatic carbocycles. The van der Waals surface area contributed by atoms with Gasteiger partial charge >= 0.3 is 6.18 Å². The van der Waals surface area contributed by atoms with Gasteiger partial charge in [0.25, 0.3) is 0 Å². The zero-order chi connectivity index (χ0) is 21.1. The average molecular weight is 423 g/mol. The monoisotopic (exact) mass is 423 g/mol. The maximum Gasteiger partial charge on any atom is 0.417 e. The number of rotatable bonds is 6. The van der Waals surface area contributed by atoms with Crippen LogP contribution >= 0.6 is 0 Å². The molecule has 0 aliphatic heterocycles. The number of hydrogen-bond donors (Lipinski definition) is 1. The summed E-state index contributed by atoms with van der Waals surface area (Å²) in [5.74, 6) is 0.518. The number of benzene rings is 1. The molecule has 0 radical (unpaired) electrons. The van der Waals surface area contributed by atoms with Crippen molar-refractivity contribution in [2.75, 3.05) is 7.11 Å². The highest BCUT2D eigenvalue weighted by molar-refractivity contribution is 7.89. The summed E-state index contributed by atoms with van der Waals surface area (Å²) >= 11 is 0. The smallest absolute Gasteiger partial charge is 0.417 e. The van der Waals surface area contributed by atoms with Gasteiger partial charge in [-0.15, -0.1) is 0 Å². The number of pyridine rings is 2. The van der Waals surface area contributed by atoms with Crippen molar-refractivity contribution in [1.82, 2.24) is 14.7 Å². The molecule has 0 bridgehead atoms. The van der Waals surface area contributed by atoms with Crippen molar-refractivity contribution in [3.63, 3.8) is 0 Å². The van der Waals surface area contributed by atoms with Crippen molar-refractivity contribution >= 4 is 10.0 Å². The number of ether oxygens (including phenoxy) is 1. The number of sulfonamides is 1. The van der Waals surface area contributed by atoms with Crippen LogP contribution in [-0.2, 0) is 22.7 Å². The molecular formula is C19H16F3N3O3S. The SMILES string of the molecule is COc1cnccc1-c1ccnc(CNS(=O)(=O)c2ccccc2C(F)(F)F)c1. The second kappa shape index (κ2) is 8.18. The number of aromatic nitrogens is 2. The molecule has 0 aliphatic rings. The highest BCUT2D eigenvalue weighted by atomic mass is 32.2. The van der Waals surface area contributed by atoms with Gasteiger partial charge in [-0.2, -0.15) is 13.2 Å². The van der Waals surface area contributed by atoms with Crippen molar-refractivity contribution in [1.29, 1.82) is 0 Å². The summed E-state index contributed by atoms with van der Waals surface area (Å²) in [7, 11) is -2.91. The molecule has 3 aromatic rings. The van der Waals surface area contributed by atoms with Crippen molar-refractivity contribution in [3.8, 4) is 16.9 Å². The van der Waals surface area contributed by atoms with Crippen LogP contribution < -0.4 is 9.46 Å². The molecule has 0 saturated heterocycles. The number of alkyl halides is 3. The van der Waals surface area contributed by atoms with E-state index >= 15 is 0 Å². The number of halogens is 3. The van der Waals surface area contributed by atoms with E-state index in [4.69, 9.17) is 4.74 Å². The fourth-order valence-electron chi connectivity index (χ4n) is 2.71. The molecule has 1 N–H and O–H groups in total. The lowest BCUT2D eigenvalue weighted by Crippen LogP contribution is -2.26. The Morgan fingerprint density at radius 2 is 1.86 bits per heavy atom. The predicted octanol–water partition coefficient (Wildman–Crippen LogP) is 3.65. The highest BCUT2D eigenvalue weighted by Gasteiger charge is 2.36. The van der Waals surface area contributed by atoms with Gasteiger partial charge in [-0.1, -0.05) is 12.1 Å². The molecule has 3 rings (SSSR count). The number of nitrogens with one attached hydrogen (secondary N) is 1. The molecule has 0 atom stereocenters. The third-order valence-corrected chi connectivity index (χ3v) is 5.52. The summed E-state index contributed by atoms with van der Waals surface area (Å²) in [4.78, 5) is 7.22. The van der Waals surface area contributed by atoms with Gasteiger partial charge < -0.3 is 4.74 Å². The van der Waals surface area contributed by atoms with Crippen molar-refractivity contribution < 1.29 is 26.3 Å². The first-order valence-electron chi connectivity index (χ1n) is 8.31. The number of hydrogen-bond acceptors (Lipinski definition) is 5. The molecule has 0 saturated carbocycles. The minimum absolute atomic E-state index is 0.282. The second-order valence-corrected chi connectivity index (χ2v) is 7.67. The van der Waals surface area contributed by atoms with Crippen LogP contribution in [0.2, 0.25) is 0 Å². The Bertz CT molecular complexity index is 1120. The van der Waals surface area contributed by atoms with Crippen LogP contribution in [0.1, 0.15) is 11.3 Å². The lowest BCUT2D eigenvalue weighted by atomic mass is 10.1. The van der Waals surface area contributed by atoms with Crippen LogP contribution in [0.25, 0.3) is 11.1 Å². The summed E-state index contributed by atoms with van der Waals surface area (Å²) in [6, 6.07) is 9.06. The van der Waals surface area contributed by atoms with E-state index in [2.05, 4.69) is 14.7 Å². The lowest BCUT2D eigenvalue weighted by Gasteiger charge is -2.14. The molecule has 0 fully saturated rings. The van der Waals surface area contributed by atoms with E-state index in [0.717, 1.165) is 23.8 Å². The lowest BCUT2D eigenvalue weighted by molar-refractivity contribution is -0.139. The molecule has 6 nitrogen and oxygen atoms in total. The molecule has 0 amide bonds. The van der Waals surface area contributed by atoms with E-state index in [1.165, 1.54) is 25.6 Å². The number of methoxy groups -OCH3 is 1. The topological polar surface area (TPSA) is 81.2 Å². The van der Waals surface area contributed by atoms with E-state index in [9.17, 15) is 21.6 Å². The van der Waals surface area contributed by atoms with Gasteiger partial charge in [0.2, 0.25) is 10.0 Å². The first-order valence-corrected chi connectivity index (χ1v) is 9.80. The van der Waals surface area contributed by atoms with E-state index in [0.29, 0.717) is 17.0 Å². The Labute approximate surface area is 165 Å². The Kier molecular flexibility index (Phi) is 5.85. The molecule has 29 heavy (non-hydrogen) atoms. The van der Waals surface area contributed by atoms with Crippen molar-refractivity contribution in [2.45, 2.75) is 17.6 Å². The predicted molar refractivity (Wildman–Crippen MR) is 99.5 cm³/mol. The maximum atomic E-state index is 13.1. The Balaban J connectivity index is 1.86. The van der Waals surface area contributed by atoms with E-state index in [1.807, 2.05) is 0 Å². The van der Waals surface area contributed by atoms with Crippen LogP contribution in [0.5, 0.6) is 5.75 Å². The summed E-state index contributed by atoms with van der Waals surface area (Å²) < 4.78 is 71.8. The standard InChI is InChI=1S/C19H16F3N3O3S/c1-28-17-12-23-8-7-15(17)13-6-9-24-14(10-13)11-25-29(26,27)18-5-3-2-4-16(18)19(20,21)22/h2-10,12,25H,11H2,1H3. The quantitative estimate of drug-likeness (QED) is 0.655. The third kappa shape index (κ3) is 4.72. The summed E-state index contributed by atoms with van der Waals surface area (Å²) in [5.41, 5.74) is 0.519. The van der Waals surface area contributed by atoms with Crippen LogP contribution in [0.4, 0.5) is 13.2 Å². The normalized spacial score (nSPS) is 12.0. The van der Waals surface area contributed by atoms with Gasteiger partial charge in [0.05, 0.1) is 36.0 Å². The van der Waals surface area contributed by atoms with Crippen molar-refractivity contribution in [2.24, 2.45) is 0 Å². The molecule has 0 spiro atoms. The third-order valence-electron chi connectivity index (χ3n) is 4.06. The highest BCUT2D eigenvalue weighted by Crippen LogP contribution is 2.34. The molecule has 0 unspecified atom stereocenters. The van der Waals surface area contributed by atoms with Gasteiger partial charge in [0.1, 0.15) is 5.75 Å². The zero-order valence-electron chi connectivity index (χ0n) is 15.1. The second-order valence-electron chi connectivity index (χ2n) is 5.93. The fourth-order valence-corrected chi connectivity index (χ4v) is 3.93. The Morgan fingerprint density at radius 3 is 2.59 bits per heavy atom. The van der Waals surface area contributed by atoms with Crippen LogP contribution in [0.15, 0.2) is 66.0 Å². The van der Waals surface area contributed by atoms with E-state index in [-0.39, 0.29) is 6.54 Å². The summed E-state index contributed by atoms with van der Waals surface area (Å²) in [6.07, 6.45) is -0.204. The van der Waals surface area contributed by atoms with Gasteiger partial charge in [0.15, 0.2) is 0 Å². The van der Waals surface area contributed by atoms with Crippen molar-refractivity contribution in [3.05, 3.63) is 72.3 Å². The van der Waals surface area contributed by atoms with E-state index in [1.54, 1.807) is 24.4 Å². The molecule has 2 aromatic heterocycles. The largest absolute Gasteiger partial charge is 0.494 e. The van der Waals surface area contributed by atoms with Gasteiger partial charge in [-0.25, -0.2) is 13.1 Å². The molecule has 2 heterocycles. The van der Waals surface area contributed by atoms with Crippen LogP contribution in [0.3, 0.4) is 0 Å². The summed E-state index contributed by atoms with van der Waals surface area (Å²) in [6.45, 7) is -0.282. The number of nitrogens with zero attached hydrogens (tertiary/aromatic N) is 2. The Morgan fingerprint density at radius 1 is 1.10 bits per heavy atom. The van der Waals surface area contributed by atoms with Crippen LogP contribution in [0, 0.1) is 0 Å². The zero-order valence-corrected chi connectivity index (χ0v) is 16.0. The van der Waals surface area contributed by atoms with E-state index < -0.39 is 26.7 Å². The molecule has 10 heteroatoms. The molecule has 1 aromatic carbocycles.